The summed E-state index contributed by atoms with van der Waals surface area (Å²) in [6.07, 6.45) is 7.63. The maximum Gasteiger partial charge on any atom is 0.302 e. The van der Waals surface area contributed by atoms with Gasteiger partial charge >= 0.3 is 5.97 Å². The monoisotopic (exact) mass is 262 g/mol. The Bertz CT molecular complexity index is 405. The Kier molecular flexibility index (Phi) is 3.89. The van der Waals surface area contributed by atoms with Gasteiger partial charge in [-0.25, -0.2) is 0 Å². The first-order valence-corrected chi connectivity index (χ1v) is 7.33. The molecule has 0 heterocycles. The molecule has 0 radical (unpaired) electrons. The maximum atomic E-state index is 11.3. The highest BCUT2D eigenvalue weighted by Crippen LogP contribution is 2.52. The average Bonchev–Trinajstić information content (AvgIpc) is 3.04. The van der Waals surface area contributed by atoms with Gasteiger partial charge in [-0.1, -0.05) is 45.1 Å². The van der Waals surface area contributed by atoms with Crippen molar-refractivity contribution in [3.8, 4) is 0 Å². The quantitative estimate of drug-likeness (QED) is 0.525. The van der Waals surface area contributed by atoms with E-state index in [0.29, 0.717) is 17.8 Å². The Morgan fingerprint density at radius 1 is 1.47 bits per heavy atom. The van der Waals surface area contributed by atoms with E-state index in [2.05, 4.69) is 39.5 Å². The molecule has 0 aromatic carbocycles. The molecule has 0 aliphatic heterocycles. The van der Waals surface area contributed by atoms with E-state index >= 15 is 0 Å². The summed E-state index contributed by atoms with van der Waals surface area (Å²) in [5.41, 5.74) is 1.41. The van der Waals surface area contributed by atoms with Gasteiger partial charge < -0.3 is 4.74 Å². The van der Waals surface area contributed by atoms with E-state index in [1.54, 1.807) is 0 Å². The molecule has 0 aromatic heterocycles. The highest BCUT2D eigenvalue weighted by Gasteiger charge is 2.46. The van der Waals surface area contributed by atoms with Crippen molar-refractivity contribution in [2.24, 2.45) is 23.2 Å². The van der Waals surface area contributed by atoms with Crippen LogP contribution in [-0.2, 0) is 9.53 Å². The van der Waals surface area contributed by atoms with Crippen molar-refractivity contribution >= 4 is 5.97 Å². The molecule has 0 bridgehead atoms. The molecule has 0 unspecified atom stereocenters. The topological polar surface area (TPSA) is 26.3 Å². The lowest BCUT2D eigenvalue weighted by molar-refractivity contribution is -0.150. The lowest BCUT2D eigenvalue weighted by atomic mass is 9.80. The maximum absolute atomic E-state index is 11.3. The zero-order valence-corrected chi connectivity index (χ0v) is 12.6. The fourth-order valence-electron chi connectivity index (χ4n) is 3.36. The van der Waals surface area contributed by atoms with Gasteiger partial charge in [0.25, 0.3) is 0 Å². The molecule has 2 aliphatic carbocycles. The van der Waals surface area contributed by atoms with Crippen LogP contribution in [0.4, 0.5) is 0 Å². The normalized spacial score (nSPS) is 39.1. The molecule has 4 atom stereocenters. The standard InChI is InChI=1S/C17H26O2/c1-11-7-6-8-17(4,5)10-16(19-13(3)18)12(2)15-9-14(11)15/h6,8,12,14-16H,1,7,9-10H2,2-5H3/b8-6+/t12-,14+,15+,16+/m1/s1. The summed E-state index contributed by atoms with van der Waals surface area (Å²) in [7, 11) is 0. The number of ether oxygens (including phenoxy) is 1. The van der Waals surface area contributed by atoms with Crippen molar-refractivity contribution in [2.75, 3.05) is 0 Å². The van der Waals surface area contributed by atoms with Crippen molar-refractivity contribution in [3.63, 3.8) is 0 Å². The van der Waals surface area contributed by atoms with Crippen LogP contribution in [0.25, 0.3) is 0 Å². The lowest BCUT2D eigenvalue weighted by Crippen LogP contribution is -2.31. The number of hydrogen-bond donors (Lipinski definition) is 0. The molecule has 0 spiro atoms. The third-order valence-corrected chi connectivity index (χ3v) is 4.62. The minimum Gasteiger partial charge on any atom is -0.462 e. The van der Waals surface area contributed by atoms with Crippen LogP contribution in [0.5, 0.6) is 0 Å². The molecular weight excluding hydrogens is 236 g/mol. The summed E-state index contributed by atoms with van der Waals surface area (Å²) in [6, 6.07) is 0. The molecule has 0 amide bonds. The molecule has 106 valence electrons. The van der Waals surface area contributed by atoms with Crippen molar-refractivity contribution in [3.05, 3.63) is 24.3 Å². The number of fused-ring (bicyclic) bond motifs is 1. The van der Waals surface area contributed by atoms with Crippen molar-refractivity contribution in [1.29, 1.82) is 0 Å². The highest BCUT2D eigenvalue weighted by atomic mass is 16.5. The van der Waals surface area contributed by atoms with E-state index in [1.165, 1.54) is 18.9 Å². The zero-order valence-electron chi connectivity index (χ0n) is 12.6. The van der Waals surface area contributed by atoms with Crippen molar-refractivity contribution in [2.45, 2.75) is 53.1 Å². The highest BCUT2D eigenvalue weighted by molar-refractivity contribution is 5.66. The molecule has 1 saturated carbocycles. The third-order valence-electron chi connectivity index (χ3n) is 4.62. The Morgan fingerprint density at radius 3 is 2.79 bits per heavy atom. The van der Waals surface area contributed by atoms with E-state index in [9.17, 15) is 4.79 Å². The van der Waals surface area contributed by atoms with Crippen LogP contribution in [-0.4, -0.2) is 12.1 Å². The first kappa shape index (κ1) is 14.4. The first-order valence-electron chi connectivity index (χ1n) is 7.33. The SMILES string of the molecule is C=C1C/C=C/C(C)(C)C[C@H](OC(C)=O)[C@H](C)[C@@H]2C[C@@H]12. The number of hydrogen-bond acceptors (Lipinski definition) is 2. The van der Waals surface area contributed by atoms with Gasteiger partial charge in [-0.2, -0.15) is 0 Å². The van der Waals surface area contributed by atoms with Crippen molar-refractivity contribution in [1.82, 2.24) is 0 Å². The number of allylic oxidation sites excluding steroid dienone is 3. The van der Waals surface area contributed by atoms with Crippen LogP contribution in [0.3, 0.4) is 0 Å². The van der Waals surface area contributed by atoms with Gasteiger partial charge in [0.05, 0.1) is 0 Å². The summed E-state index contributed by atoms with van der Waals surface area (Å²) < 4.78 is 5.60. The summed E-state index contributed by atoms with van der Waals surface area (Å²) in [5, 5.41) is 0. The fourth-order valence-corrected chi connectivity index (χ4v) is 3.36. The third kappa shape index (κ3) is 3.49. The predicted molar refractivity (Wildman–Crippen MR) is 77.6 cm³/mol. The van der Waals surface area contributed by atoms with Crippen molar-refractivity contribution < 1.29 is 9.53 Å². The van der Waals surface area contributed by atoms with E-state index in [1.807, 2.05) is 0 Å². The molecule has 0 aromatic rings. The predicted octanol–water partition coefficient (Wildman–Crippen LogP) is 4.12. The molecule has 0 N–H and O–H groups in total. The van der Waals surface area contributed by atoms with Crippen LogP contribution in [0, 0.1) is 23.2 Å². The summed E-state index contributed by atoms with van der Waals surface area (Å²) in [4.78, 5) is 11.3. The van der Waals surface area contributed by atoms with Crippen LogP contribution in [0.15, 0.2) is 24.3 Å². The van der Waals surface area contributed by atoms with Gasteiger partial charge in [0.15, 0.2) is 0 Å². The van der Waals surface area contributed by atoms with Crippen LogP contribution < -0.4 is 0 Å². The molecule has 1 fully saturated rings. The number of carbonyl (C=O) groups is 1. The number of carbonyl (C=O) groups excluding carboxylic acids is 1. The first-order chi connectivity index (χ1) is 8.80. The summed E-state index contributed by atoms with van der Waals surface area (Å²) in [6.45, 7) is 12.4. The van der Waals surface area contributed by atoms with E-state index in [-0.39, 0.29) is 17.5 Å². The zero-order chi connectivity index (χ0) is 14.2. The minimum absolute atomic E-state index is 0.0260. The van der Waals surface area contributed by atoms with Gasteiger partial charge in [-0.15, -0.1) is 0 Å². The Labute approximate surface area is 116 Å². The number of rotatable bonds is 1. The van der Waals surface area contributed by atoms with Gasteiger partial charge in [-0.3, -0.25) is 4.79 Å². The molecule has 2 rings (SSSR count). The molecule has 0 saturated heterocycles. The average molecular weight is 262 g/mol. The minimum atomic E-state index is -0.162. The molecule has 2 heteroatoms. The molecular formula is C17H26O2. The molecule has 2 nitrogen and oxygen atoms in total. The Hall–Kier alpha value is -1.05. The Morgan fingerprint density at radius 2 is 2.16 bits per heavy atom. The van der Waals surface area contributed by atoms with Gasteiger partial charge in [0, 0.05) is 6.92 Å². The smallest absolute Gasteiger partial charge is 0.302 e. The van der Waals surface area contributed by atoms with Gasteiger partial charge in [0.1, 0.15) is 6.10 Å². The van der Waals surface area contributed by atoms with Crippen LogP contribution in [0.1, 0.15) is 47.0 Å². The fraction of sp³-hybridized carbons (Fsp3) is 0.706. The van der Waals surface area contributed by atoms with E-state index in [4.69, 9.17) is 4.74 Å². The van der Waals surface area contributed by atoms with Crippen LogP contribution in [0.2, 0.25) is 0 Å². The van der Waals surface area contributed by atoms with E-state index < -0.39 is 0 Å². The molecule has 19 heavy (non-hydrogen) atoms. The Balaban J connectivity index is 2.21. The second-order valence-corrected chi connectivity index (χ2v) is 6.97. The van der Waals surface area contributed by atoms with Gasteiger partial charge in [0.2, 0.25) is 0 Å². The van der Waals surface area contributed by atoms with E-state index in [0.717, 1.165) is 12.8 Å². The second-order valence-electron chi connectivity index (χ2n) is 6.97. The summed E-state index contributed by atoms with van der Waals surface area (Å²) >= 11 is 0. The van der Waals surface area contributed by atoms with Gasteiger partial charge in [-0.05, 0) is 42.4 Å². The number of esters is 1. The second kappa shape index (κ2) is 5.15. The largest absolute Gasteiger partial charge is 0.462 e. The van der Waals surface area contributed by atoms with Crippen LogP contribution >= 0.6 is 0 Å². The lowest BCUT2D eigenvalue weighted by Gasteiger charge is -2.31. The molecule has 2 aliphatic rings. The summed E-state index contributed by atoms with van der Waals surface area (Å²) in [5.74, 6) is 1.55.